The molecular formula is C19H20N2O6S. The summed E-state index contributed by atoms with van der Waals surface area (Å²) in [6.07, 6.45) is 1.85. The number of aryl methyl sites for hydroxylation is 1. The summed E-state index contributed by atoms with van der Waals surface area (Å²) < 4.78 is 33.1. The van der Waals surface area contributed by atoms with Gasteiger partial charge in [-0.2, -0.15) is 0 Å². The van der Waals surface area contributed by atoms with Crippen LogP contribution in [-0.2, 0) is 14.8 Å². The van der Waals surface area contributed by atoms with Crippen LogP contribution in [0.15, 0.2) is 47.4 Å². The van der Waals surface area contributed by atoms with E-state index in [4.69, 9.17) is 9.84 Å². The first kappa shape index (κ1) is 19.7. The van der Waals surface area contributed by atoms with Gasteiger partial charge in [0.05, 0.1) is 16.1 Å². The summed E-state index contributed by atoms with van der Waals surface area (Å²) >= 11 is 0. The SMILES string of the molecule is Cc1cc(S(=O)(=O)Nc2ccccc2C(=O)NC2CC2)ccc1OCC(=O)O. The maximum absolute atomic E-state index is 12.8. The van der Waals surface area contributed by atoms with Gasteiger partial charge in [0.15, 0.2) is 6.61 Å². The van der Waals surface area contributed by atoms with Crippen molar-refractivity contribution in [3.05, 3.63) is 53.6 Å². The Morgan fingerprint density at radius 1 is 1.18 bits per heavy atom. The minimum atomic E-state index is -3.95. The molecule has 0 aliphatic heterocycles. The fourth-order valence-corrected chi connectivity index (χ4v) is 3.72. The van der Waals surface area contributed by atoms with Gasteiger partial charge in [0.25, 0.3) is 15.9 Å². The molecule has 0 atom stereocenters. The van der Waals surface area contributed by atoms with Crippen molar-refractivity contribution in [1.29, 1.82) is 0 Å². The molecule has 8 nitrogen and oxygen atoms in total. The third-order valence-electron chi connectivity index (χ3n) is 4.14. The molecular weight excluding hydrogens is 384 g/mol. The molecule has 1 aliphatic rings. The molecule has 1 fully saturated rings. The predicted octanol–water partition coefficient (Wildman–Crippen LogP) is 2.15. The number of benzene rings is 2. The Kier molecular flexibility index (Phi) is 5.55. The molecule has 0 aromatic heterocycles. The highest BCUT2D eigenvalue weighted by molar-refractivity contribution is 7.92. The number of carbonyl (C=O) groups excluding carboxylic acids is 1. The molecule has 1 aliphatic carbocycles. The second-order valence-electron chi connectivity index (χ2n) is 6.51. The molecule has 0 bridgehead atoms. The Bertz CT molecular complexity index is 1010. The van der Waals surface area contributed by atoms with E-state index in [1.165, 1.54) is 24.3 Å². The third-order valence-corrected chi connectivity index (χ3v) is 5.50. The van der Waals surface area contributed by atoms with E-state index in [0.717, 1.165) is 12.8 Å². The molecule has 1 saturated carbocycles. The van der Waals surface area contributed by atoms with Crippen LogP contribution in [0.5, 0.6) is 5.75 Å². The van der Waals surface area contributed by atoms with Crippen LogP contribution in [-0.4, -0.2) is 38.0 Å². The van der Waals surface area contributed by atoms with Crippen molar-refractivity contribution in [3.63, 3.8) is 0 Å². The summed E-state index contributed by atoms with van der Waals surface area (Å²) in [4.78, 5) is 22.9. The molecule has 28 heavy (non-hydrogen) atoms. The molecule has 0 radical (unpaired) electrons. The number of carbonyl (C=O) groups is 2. The predicted molar refractivity (Wildman–Crippen MR) is 102 cm³/mol. The van der Waals surface area contributed by atoms with Crippen LogP contribution in [0.1, 0.15) is 28.8 Å². The zero-order valence-corrected chi connectivity index (χ0v) is 16.0. The number of aliphatic carboxylic acids is 1. The number of amides is 1. The standard InChI is InChI=1S/C19H20N2O6S/c1-12-10-14(8-9-17(12)27-11-18(22)23)28(25,26)21-16-5-3-2-4-15(16)19(24)20-13-6-7-13/h2-5,8-10,13,21H,6-7,11H2,1H3,(H,20,24)(H,22,23). The van der Waals surface area contributed by atoms with Gasteiger partial charge < -0.3 is 15.2 Å². The Morgan fingerprint density at radius 3 is 2.54 bits per heavy atom. The van der Waals surface area contributed by atoms with E-state index < -0.39 is 22.6 Å². The van der Waals surface area contributed by atoms with Crippen LogP contribution in [0.4, 0.5) is 5.69 Å². The van der Waals surface area contributed by atoms with Gasteiger partial charge in [-0.1, -0.05) is 12.1 Å². The van der Waals surface area contributed by atoms with Gasteiger partial charge in [-0.25, -0.2) is 13.2 Å². The van der Waals surface area contributed by atoms with Gasteiger partial charge in [0.1, 0.15) is 5.75 Å². The number of para-hydroxylation sites is 1. The zero-order chi connectivity index (χ0) is 20.3. The summed E-state index contributed by atoms with van der Waals surface area (Å²) in [5.41, 5.74) is 0.907. The van der Waals surface area contributed by atoms with Crippen LogP contribution in [0.3, 0.4) is 0 Å². The minimum Gasteiger partial charge on any atom is -0.482 e. The van der Waals surface area contributed by atoms with Crippen molar-refractivity contribution in [3.8, 4) is 5.75 Å². The van der Waals surface area contributed by atoms with Crippen LogP contribution in [0, 0.1) is 6.92 Å². The van der Waals surface area contributed by atoms with Gasteiger partial charge in [-0.05, 0) is 55.7 Å². The van der Waals surface area contributed by atoms with Crippen LogP contribution >= 0.6 is 0 Å². The zero-order valence-electron chi connectivity index (χ0n) is 15.1. The second kappa shape index (κ2) is 7.89. The fraction of sp³-hybridized carbons (Fsp3) is 0.263. The largest absolute Gasteiger partial charge is 0.482 e. The Morgan fingerprint density at radius 2 is 1.89 bits per heavy atom. The Hall–Kier alpha value is -3.07. The van der Waals surface area contributed by atoms with E-state index >= 15 is 0 Å². The van der Waals surface area contributed by atoms with Gasteiger partial charge in [0.2, 0.25) is 0 Å². The van der Waals surface area contributed by atoms with Crippen molar-refractivity contribution < 1.29 is 27.9 Å². The number of hydrogen-bond donors (Lipinski definition) is 3. The van der Waals surface area contributed by atoms with E-state index in [0.29, 0.717) is 5.56 Å². The molecule has 0 unspecified atom stereocenters. The number of sulfonamides is 1. The molecule has 0 saturated heterocycles. The molecule has 9 heteroatoms. The second-order valence-corrected chi connectivity index (χ2v) is 8.19. The molecule has 148 valence electrons. The topological polar surface area (TPSA) is 122 Å². The maximum atomic E-state index is 12.8. The first-order chi connectivity index (χ1) is 13.3. The van der Waals surface area contributed by atoms with Crippen molar-refractivity contribution >= 4 is 27.6 Å². The fourth-order valence-electron chi connectivity index (χ4n) is 2.56. The van der Waals surface area contributed by atoms with Gasteiger partial charge in [-0.3, -0.25) is 9.52 Å². The number of carboxylic acid groups (broad SMARTS) is 1. The minimum absolute atomic E-state index is 0.0231. The number of ether oxygens (including phenoxy) is 1. The molecule has 0 heterocycles. The number of nitrogens with one attached hydrogen (secondary N) is 2. The number of rotatable bonds is 8. The smallest absolute Gasteiger partial charge is 0.341 e. The van der Waals surface area contributed by atoms with Gasteiger partial charge in [-0.15, -0.1) is 0 Å². The van der Waals surface area contributed by atoms with E-state index in [1.807, 2.05) is 0 Å². The molecule has 2 aromatic rings. The van der Waals surface area contributed by atoms with Crippen molar-refractivity contribution in [1.82, 2.24) is 5.32 Å². The lowest BCUT2D eigenvalue weighted by molar-refractivity contribution is -0.139. The van der Waals surface area contributed by atoms with Crippen LogP contribution < -0.4 is 14.8 Å². The lowest BCUT2D eigenvalue weighted by Gasteiger charge is -2.14. The summed E-state index contributed by atoms with van der Waals surface area (Å²) in [6, 6.07) is 10.6. The molecule has 3 rings (SSSR count). The number of hydrogen-bond acceptors (Lipinski definition) is 5. The van der Waals surface area contributed by atoms with E-state index in [1.54, 1.807) is 25.1 Å². The lowest BCUT2D eigenvalue weighted by Crippen LogP contribution is -2.27. The third kappa shape index (κ3) is 4.80. The Balaban J connectivity index is 1.81. The van der Waals surface area contributed by atoms with Crippen LogP contribution in [0.2, 0.25) is 0 Å². The highest BCUT2D eigenvalue weighted by Gasteiger charge is 2.26. The van der Waals surface area contributed by atoms with Crippen molar-refractivity contribution in [2.45, 2.75) is 30.7 Å². The van der Waals surface area contributed by atoms with E-state index in [9.17, 15) is 18.0 Å². The molecule has 1 amide bonds. The highest BCUT2D eigenvalue weighted by atomic mass is 32.2. The molecule has 3 N–H and O–H groups in total. The van der Waals surface area contributed by atoms with Gasteiger partial charge in [0, 0.05) is 6.04 Å². The normalized spacial score (nSPS) is 13.6. The quantitative estimate of drug-likeness (QED) is 0.620. The van der Waals surface area contributed by atoms with Crippen molar-refractivity contribution in [2.24, 2.45) is 0 Å². The maximum Gasteiger partial charge on any atom is 0.341 e. The van der Waals surface area contributed by atoms with Gasteiger partial charge >= 0.3 is 5.97 Å². The Labute approximate surface area is 162 Å². The average Bonchev–Trinajstić information content (AvgIpc) is 3.44. The van der Waals surface area contributed by atoms with Crippen LogP contribution in [0.25, 0.3) is 0 Å². The first-order valence-electron chi connectivity index (χ1n) is 8.64. The monoisotopic (exact) mass is 404 g/mol. The summed E-state index contributed by atoms with van der Waals surface area (Å²) in [5, 5.41) is 11.5. The van der Waals surface area contributed by atoms with Crippen molar-refractivity contribution in [2.75, 3.05) is 11.3 Å². The summed E-state index contributed by atoms with van der Waals surface area (Å²) in [7, 11) is -3.95. The number of carboxylic acids is 1. The highest BCUT2D eigenvalue weighted by Crippen LogP contribution is 2.26. The summed E-state index contributed by atoms with van der Waals surface area (Å²) in [5.74, 6) is -1.17. The van der Waals surface area contributed by atoms with E-state index in [2.05, 4.69) is 10.0 Å². The summed E-state index contributed by atoms with van der Waals surface area (Å²) in [6.45, 7) is 1.10. The lowest BCUT2D eigenvalue weighted by atomic mass is 10.1. The average molecular weight is 404 g/mol. The number of anilines is 1. The first-order valence-corrected chi connectivity index (χ1v) is 10.1. The molecule has 2 aromatic carbocycles. The van der Waals surface area contributed by atoms with E-state index in [-0.39, 0.29) is 33.8 Å². The molecule has 0 spiro atoms.